The van der Waals surface area contributed by atoms with Crippen molar-refractivity contribution in [2.45, 2.75) is 12.6 Å². The Hall–Kier alpha value is -1.66. The number of fused-ring (bicyclic) bond motifs is 1. The van der Waals surface area contributed by atoms with Gasteiger partial charge in [-0.15, -0.1) is 0 Å². The second-order valence-electron chi connectivity index (χ2n) is 3.24. The molecule has 0 aliphatic heterocycles. The van der Waals surface area contributed by atoms with Crippen molar-refractivity contribution in [3.63, 3.8) is 0 Å². The molecule has 7 heteroatoms. The Morgan fingerprint density at radius 2 is 1.94 bits per heavy atom. The maximum absolute atomic E-state index is 13.1. The number of nitrogens with zero attached hydrogens (tertiary/aromatic N) is 2. The maximum Gasteiger partial charge on any atom is 0.394 e. The fraction of sp³-hybridized carbons (Fsp3) is 0.222. The second-order valence-corrected chi connectivity index (χ2v) is 3.24. The zero-order chi connectivity index (χ0) is 11.9. The predicted molar refractivity (Wildman–Crippen MR) is 44.9 cm³/mol. The van der Waals surface area contributed by atoms with E-state index in [1.165, 1.54) is 0 Å². The number of aromatic nitrogens is 2. The smallest absolute Gasteiger partial charge is 0.298 e. The molecule has 0 fully saturated rings. The van der Waals surface area contributed by atoms with Gasteiger partial charge in [-0.2, -0.15) is 13.2 Å². The fourth-order valence-corrected chi connectivity index (χ4v) is 1.40. The zero-order valence-electron chi connectivity index (χ0n) is 7.72. The summed E-state index contributed by atoms with van der Waals surface area (Å²) in [6.07, 6.45) is -4.08. The topological polar surface area (TPSA) is 17.3 Å². The molecule has 2 rings (SSSR count). The Balaban J connectivity index is 2.56. The first-order valence-corrected chi connectivity index (χ1v) is 4.24. The molecule has 16 heavy (non-hydrogen) atoms. The number of pyridine rings is 1. The van der Waals surface area contributed by atoms with Gasteiger partial charge in [-0.25, -0.2) is 13.8 Å². The highest BCUT2D eigenvalue weighted by atomic mass is 19.4. The van der Waals surface area contributed by atoms with E-state index in [2.05, 4.69) is 4.98 Å². The van der Waals surface area contributed by atoms with Crippen molar-refractivity contribution in [3.05, 3.63) is 35.8 Å². The van der Waals surface area contributed by atoms with Crippen LogP contribution in [0.1, 0.15) is 5.69 Å². The summed E-state index contributed by atoms with van der Waals surface area (Å²) in [4.78, 5) is 3.46. The third-order valence-corrected chi connectivity index (χ3v) is 1.99. The molecular weight excluding hydrogens is 231 g/mol. The average molecular weight is 236 g/mol. The van der Waals surface area contributed by atoms with Crippen molar-refractivity contribution in [1.29, 1.82) is 0 Å². The number of hydrogen-bond donors (Lipinski definition) is 0. The molecule has 0 amide bonds. The van der Waals surface area contributed by atoms with E-state index in [4.69, 9.17) is 0 Å². The minimum atomic E-state index is -4.45. The molecule has 0 aliphatic carbocycles. The quantitative estimate of drug-likeness (QED) is 0.696. The van der Waals surface area contributed by atoms with Crippen LogP contribution in [0, 0.1) is 11.6 Å². The average Bonchev–Trinajstić information content (AvgIpc) is 2.46. The summed E-state index contributed by atoms with van der Waals surface area (Å²) in [5.74, 6) is -1.94. The van der Waals surface area contributed by atoms with Crippen LogP contribution in [0.15, 0.2) is 18.5 Å². The number of hydrogen-bond acceptors (Lipinski definition) is 1. The van der Waals surface area contributed by atoms with Crippen molar-refractivity contribution in [2.75, 3.05) is 0 Å². The predicted octanol–water partition coefficient (Wildman–Crippen LogP) is 2.72. The van der Waals surface area contributed by atoms with Gasteiger partial charge in [0.25, 0.3) is 0 Å². The van der Waals surface area contributed by atoms with Gasteiger partial charge in [-0.1, -0.05) is 0 Å². The molecule has 0 spiro atoms. The SMILES string of the molecule is Fc1cc(F)c2ncc(CC(F)(F)F)n2c1. The number of rotatable bonds is 1. The van der Waals surface area contributed by atoms with E-state index in [0.717, 1.165) is 16.8 Å². The summed E-state index contributed by atoms with van der Waals surface area (Å²) in [5, 5.41) is 0. The summed E-state index contributed by atoms with van der Waals surface area (Å²) in [6.45, 7) is 0. The molecule has 0 atom stereocenters. The summed E-state index contributed by atoms with van der Waals surface area (Å²) in [7, 11) is 0. The molecule has 2 aromatic heterocycles. The molecule has 0 saturated carbocycles. The van der Waals surface area contributed by atoms with Gasteiger partial charge in [0.1, 0.15) is 5.82 Å². The van der Waals surface area contributed by atoms with Crippen molar-refractivity contribution >= 4 is 5.65 Å². The highest BCUT2D eigenvalue weighted by molar-refractivity contribution is 5.42. The molecular formula is C9H5F5N2. The van der Waals surface area contributed by atoms with Gasteiger partial charge in [0.2, 0.25) is 0 Å². The van der Waals surface area contributed by atoms with E-state index in [-0.39, 0.29) is 11.3 Å². The minimum Gasteiger partial charge on any atom is -0.298 e. The third kappa shape index (κ3) is 1.98. The van der Waals surface area contributed by atoms with E-state index < -0.39 is 24.2 Å². The lowest BCUT2D eigenvalue weighted by atomic mass is 10.3. The highest BCUT2D eigenvalue weighted by Gasteiger charge is 2.29. The van der Waals surface area contributed by atoms with Crippen LogP contribution in [0.3, 0.4) is 0 Å². The molecule has 0 N–H and O–H groups in total. The van der Waals surface area contributed by atoms with E-state index >= 15 is 0 Å². The molecule has 2 aromatic rings. The van der Waals surface area contributed by atoms with Gasteiger partial charge in [-0.05, 0) is 0 Å². The second kappa shape index (κ2) is 3.43. The van der Waals surface area contributed by atoms with E-state index in [1.54, 1.807) is 0 Å². The standard InChI is InChI=1S/C9H5F5N2/c10-5-1-7(11)8-15-3-6(16(8)4-5)2-9(12,13)14/h1,3-4H,2H2. The molecule has 0 aliphatic rings. The molecule has 2 heterocycles. The first kappa shape index (κ1) is 10.8. The van der Waals surface area contributed by atoms with Crippen LogP contribution < -0.4 is 0 Å². The number of halogens is 5. The van der Waals surface area contributed by atoms with Crippen LogP contribution in [0.4, 0.5) is 22.0 Å². The van der Waals surface area contributed by atoms with Crippen molar-refractivity contribution < 1.29 is 22.0 Å². The Morgan fingerprint density at radius 3 is 2.56 bits per heavy atom. The number of imidazole rings is 1. The summed E-state index contributed by atoms with van der Waals surface area (Å²) >= 11 is 0. The summed E-state index contributed by atoms with van der Waals surface area (Å²) < 4.78 is 63.0. The Labute approximate surface area is 86.3 Å². The van der Waals surface area contributed by atoms with Gasteiger partial charge in [0.05, 0.1) is 12.1 Å². The van der Waals surface area contributed by atoms with Gasteiger partial charge in [-0.3, -0.25) is 4.40 Å². The van der Waals surface area contributed by atoms with Gasteiger partial charge >= 0.3 is 6.18 Å². The lowest BCUT2D eigenvalue weighted by molar-refractivity contribution is -0.128. The van der Waals surface area contributed by atoms with Gasteiger partial charge in [0.15, 0.2) is 11.5 Å². The fourth-order valence-electron chi connectivity index (χ4n) is 1.40. The van der Waals surface area contributed by atoms with E-state index in [0.29, 0.717) is 6.07 Å². The van der Waals surface area contributed by atoms with Crippen LogP contribution in [0.2, 0.25) is 0 Å². The van der Waals surface area contributed by atoms with Crippen LogP contribution in [-0.4, -0.2) is 15.6 Å². The molecule has 0 bridgehead atoms. The third-order valence-electron chi connectivity index (χ3n) is 1.99. The molecule has 86 valence electrons. The monoisotopic (exact) mass is 236 g/mol. The summed E-state index contributed by atoms with van der Waals surface area (Å²) in [5.41, 5.74) is -0.624. The largest absolute Gasteiger partial charge is 0.394 e. The lowest BCUT2D eigenvalue weighted by Gasteiger charge is -2.05. The molecule has 0 radical (unpaired) electrons. The van der Waals surface area contributed by atoms with E-state index in [1.807, 2.05) is 0 Å². The van der Waals surface area contributed by atoms with Crippen LogP contribution >= 0.6 is 0 Å². The Morgan fingerprint density at radius 1 is 1.25 bits per heavy atom. The number of alkyl halides is 3. The van der Waals surface area contributed by atoms with Crippen LogP contribution in [0.5, 0.6) is 0 Å². The first-order chi connectivity index (χ1) is 7.37. The van der Waals surface area contributed by atoms with Gasteiger partial charge < -0.3 is 0 Å². The molecule has 0 aromatic carbocycles. The Kier molecular flexibility index (Phi) is 2.32. The van der Waals surface area contributed by atoms with Crippen molar-refractivity contribution in [2.24, 2.45) is 0 Å². The summed E-state index contributed by atoms with van der Waals surface area (Å²) in [6, 6.07) is 0.569. The van der Waals surface area contributed by atoms with Crippen molar-refractivity contribution in [1.82, 2.24) is 9.38 Å². The highest BCUT2D eigenvalue weighted by Crippen LogP contribution is 2.22. The minimum absolute atomic E-state index is 0.305. The molecule has 0 saturated heterocycles. The molecule has 0 unspecified atom stereocenters. The normalized spacial score (nSPS) is 12.3. The van der Waals surface area contributed by atoms with Crippen molar-refractivity contribution in [3.8, 4) is 0 Å². The van der Waals surface area contributed by atoms with E-state index in [9.17, 15) is 22.0 Å². The Bertz CT molecular complexity index is 528. The molecule has 2 nitrogen and oxygen atoms in total. The van der Waals surface area contributed by atoms with Crippen LogP contribution in [-0.2, 0) is 6.42 Å². The lowest BCUT2D eigenvalue weighted by Crippen LogP contribution is -2.13. The maximum atomic E-state index is 13.1. The first-order valence-electron chi connectivity index (χ1n) is 4.24. The van der Waals surface area contributed by atoms with Gasteiger partial charge in [0, 0.05) is 18.5 Å². The zero-order valence-corrected chi connectivity index (χ0v) is 7.72. The van der Waals surface area contributed by atoms with Crippen LogP contribution in [0.25, 0.3) is 5.65 Å².